The van der Waals surface area contributed by atoms with Gasteiger partial charge < -0.3 is 10.6 Å². The monoisotopic (exact) mass is 256 g/mol. The fraction of sp³-hybridized carbons (Fsp3) is 0.846. The molecule has 1 saturated heterocycles. The van der Waals surface area contributed by atoms with Crippen molar-refractivity contribution in [2.45, 2.75) is 46.5 Å². The standard InChI is InChI=1S/C13H24N2OS/c1-4-13(5-2)6-8-15(9-7-13)12(16)10(3)11(14)17/h10H,4-9H2,1-3H3,(H2,14,17). The van der Waals surface area contributed by atoms with E-state index in [1.807, 2.05) is 4.90 Å². The molecule has 1 amide bonds. The molecule has 3 nitrogen and oxygen atoms in total. The average molecular weight is 256 g/mol. The van der Waals surface area contributed by atoms with E-state index in [4.69, 9.17) is 18.0 Å². The molecular formula is C13H24N2OS. The third kappa shape index (κ3) is 3.18. The van der Waals surface area contributed by atoms with Crippen LogP contribution in [0, 0.1) is 11.3 Å². The summed E-state index contributed by atoms with van der Waals surface area (Å²) in [7, 11) is 0. The van der Waals surface area contributed by atoms with Crippen LogP contribution in [0.3, 0.4) is 0 Å². The molecular weight excluding hydrogens is 232 g/mol. The van der Waals surface area contributed by atoms with Crippen LogP contribution in [0.2, 0.25) is 0 Å². The maximum absolute atomic E-state index is 12.1. The smallest absolute Gasteiger partial charge is 0.232 e. The lowest BCUT2D eigenvalue weighted by atomic mass is 9.74. The summed E-state index contributed by atoms with van der Waals surface area (Å²) in [4.78, 5) is 14.3. The van der Waals surface area contributed by atoms with E-state index in [0.717, 1.165) is 25.9 Å². The topological polar surface area (TPSA) is 46.3 Å². The Morgan fingerprint density at radius 1 is 1.35 bits per heavy atom. The molecule has 0 radical (unpaired) electrons. The van der Waals surface area contributed by atoms with E-state index in [9.17, 15) is 4.79 Å². The number of hydrogen-bond acceptors (Lipinski definition) is 2. The largest absolute Gasteiger partial charge is 0.393 e. The Kier molecular flexibility index (Phi) is 4.92. The summed E-state index contributed by atoms with van der Waals surface area (Å²) in [6.07, 6.45) is 4.62. The number of amides is 1. The van der Waals surface area contributed by atoms with Crippen LogP contribution >= 0.6 is 12.2 Å². The SMILES string of the molecule is CCC1(CC)CCN(C(=O)C(C)C(N)=S)CC1. The van der Waals surface area contributed by atoms with Crippen LogP contribution in [0.5, 0.6) is 0 Å². The second kappa shape index (κ2) is 5.80. The highest BCUT2D eigenvalue weighted by Crippen LogP contribution is 2.38. The van der Waals surface area contributed by atoms with Crippen molar-refractivity contribution >= 4 is 23.1 Å². The quantitative estimate of drug-likeness (QED) is 0.785. The molecule has 1 heterocycles. The molecule has 0 aliphatic carbocycles. The number of thiocarbonyl (C=S) groups is 1. The zero-order chi connectivity index (χ0) is 13.1. The van der Waals surface area contributed by atoms with Gasteiger partial charge in [0.05, 0.1) is 10.9 Å². The van der Waals surface area contributed by atoms with E-state index in [-0.39, 0.29) is 11.8 Å². The Hall–Kier alpha value is -0.640. The van der Waals surface area contributed by atoms with Crippen LogP contribution in [0.15, 0.2) is 0 Å². The summed E-state index contributed by atoms with van der Waals surface area (Å²) in [6, 6.07) is 0. The lowest BCUT2D eigenvalue weighted by molar-refractivity contribution is -0.135. The first-order valence-corrected chi connectivity index (χ1v) is 6.94. The highest BCUT2D eigenvalue weighted by atomic mass is 32.1. The van der Waals surface area contributed by atoms with Gasteiger partial charge in [0.1, 0.15) is 0 Å². The minimum atomic E-state index is -0.319. The number of piperidine rings is 1. The number of nitrogens with zero attached hydrogens (tertiary/aromatic N) is 1. The van der Waals surface area contributed by atoms with Gasteiger partial charge in [-0.05, 0) is 25.2 Å². The third-order valence-corrected chi connectivity index (χ3v) is 4.79. The predicted octanol–water partition coefficient (Wildman–Crippen LogP) is 2.34. The number of hydrogen-bond donors (Lipinski definition) is 1. The van der Waals surface area contributed by atoms with Crippen molar-refractivity contribution < 1.29 is 4.79 Å². The van der Waals surface area contributed by atoms with Gasteiger partial charge in [-0.15, -0.1) is 0 Å². The van der Waals surface area contributed by atoms with Crippen molar-refractivity contribution in [3.63, 3.8) is 0 Å². The van der Waals surface area contributed by atoms with Gasteiger partial charge in [-0.1, -0.05) is 38.9 Å². The van der Waals surface area contributed by atoms with Crippen molar-refractivity contribution in [1.29, 1.82) is 0 Å². The van der Waals surface area contributed by atoms with Gasteiger partial charge in [0.2, 0.25) is 5.91 Å². The van der Waals surface area contributed by atoms with Gasteiger partial charge in [-0.3, -0.25) is 4.79 Å². The average Bonchev–Trinajstić information content (AvgIpc) is 2.37. The summed E-state index contributed by atoms with van der Waals surface area (Å²) in [5.41, 5.74) is 5.98. The summed E-state index contributed by atoms with van der Waals surface area (Å²) >= 11 is 4.88. The summed E-state index contributed by atoms with van der Waals surface area (Å²) in [5, 5.41) is 0. The van der Waals surface area contributed by atoms with Crippen molar-refractivity contribution in [2.24, 2.45) is 17.1 Å². The fourth-order valence-electron chi connectivity index (χ4n) is 2.55. The molecule has 1 fully saturated rings. The molecule has 0 spiro atoms. The Bertz CT molecular complexity index is 290. The van der Waals surface area contributed by atoms with Gasteiger partial charge in [-0.2, -0.15) is 0 Å². The molecule has 98 valence electrons. The molecule has 1 rings (SSSR count). The summed E-state index contributed by atoms with van der Waals surface area (Å²) in [6.45, 7) is 8.00. The molecule has 0 aromatic rings. The Morgan fingerprint density at radius 3 is 2.18 bits per heavy atom. The van der Waals surface area contributed by atoms with E-state index < -0.39 is 0 Å². The molecule has 0 saturated carbocycles. The second-order valence-electron chi connectivity index (χ2n) is 5.16. The maximum atomic E-state index is 12.1. The molecule has 0 aromatic heterocycles. The lowest BCUT2D eigenvalue weighted by Gasteiger charge is -2.41. The van der Waals surface area contributed by atoms with Crippen LogP contribution in [-0.2, 0) is 4.79 Å². The zero-order valence-electron chi connectivity index (χ0n) is 11.2. The van der Waals surface area contributed by atoms with E-state index >= 15 is 0 Å². The number of carbonyl (C=O) groups is 1. The molecule has 1 aliphatic rings. The van der Waals surface area contributed by atoms with E-state index in [0.29, 0.717) is 10.4 Å². The number of rotatable bonds is 4. The van der Waals surface area contributed by atoms with Gasteiger partial charge in [-0.25, -0.2) is 0 Å². The van der Waals surface area contributed by atoms with Gasteiger partial charge in [0.15, 0.2) is 0 Å². The normalized spacial score (nSPS) is 21.0. The number of likely N-dealkylation sites (tertiary alicyclic amines) is 1. The summed E-state index contributed by atoms with van der Waals surface area (Å²) in [5.74, 6) is -0.223. The molecule has 17 heavy (non-hydrogen) atoms. The van der Waals surface area contributed by atoms with E-state index in [2.05, 4.69) is 13.8 Å². The molecule has 1 unspecified atom stereocenters. The Balaban J connectivity index is 2.57. The molecule has 2 N–H and O–H groups in total. The van der Waals surface area contributed by atoms with Crippen molar-refractivity contribution in [1.82, 2.24) is 4.90 Å². The van der Waals surface area contributed by atoms with Crippen LogP contribution < -0.4 is 5.73 Å². The molecule has 1 aliphatic heterocycles. The number of nitrogens with two attached hydrogens (primary N) is 1. The van der Waals surface area contributed by atoms with Gasteiger partial charge in [0, 0.05) is 13.1 Å². The second-order valence-corrected chi connectivity index (χ2v) is 5.63. The van der Waals surface area contributed by atoms with Gasteiger partial charge in [0.25, 0.3) is 0 Å². The van der Waals surface area contributed by atoms with Crippen molar-refractivity contribution in [3.05, 3.63) is 0 Å². The van der Waals surface area contributed by atoms with Crippen LogP contribution in [-0.4, -0.2) is 28.9 Å². The summed E-state index contributed by atoms with van der Waals surface area (Å²) < 4.78 is 0. The first kappa shape index (κ1) is 14.4. The van der Waals surface area contributed by atoms with Crippen LogP contribution in [0.25, 0.3) is 0 Å². The van der Waals surface area contributed by atoms with Crippen molar-refractivity contribution in [3.8, 4) is 0 Å². The Morgan fingerprint density at radius 2 is 1.82 bits per heavy atom. The van der Waals surface area contributed by atoms with Crippen LogP contribution in [0.1, 0.15) is 46.5 Å². The van der Waals surface area contributed by atoms with Crippen LogP contribution in [0.4, 0.5) is 0 Å². The molecule has 4 heteroatoms. The van der Waals surface area contributed by atoms with E-state index in [1.54, 1.807) is 6.92 Å². The van der Waals surface area contributed by atoms with Gasteiger partial charge >= 0.3 is 0 Å². The molecule has 1 atom stereocenters. The van der Waals surface area contributed by atoms with E-state index in [1.165, 1.54) is 12.8 Å². The molecule has 0 bridgehead atoms. The maximum Gasteiger partial charge on any atom is 0.232 e. The highest BCUT2D eigenvalue weighted by Gasteiger charge is 2.34. The number of carbonyl (C=O) groups excluding carboxylic acids is 1. The first-order chi connectivity index (χ1) is 7.95. The minimum Gasteiger partial charge on any atom is -0.393 e. The highest BCUT2D eigenvalue weighted by molar-refractivity contribution is 7.80. The fourth-order valence-corrected chi connectivity index (χ4v) is 2.65. The molecule has 0 aromatic carbocycles. The minimum absolute atomic E-state index is 0.0957. The predicted molar refractivity (Wildman–Crippen MR) is 74.8 cm³/mol. The zero-order valence-corrected chi connectivity index (χ0v) is 12.0. The third-order valence-electron chi connectivity index (χ3n) is 4.43. The first-order valence-electron chi connectivity index (χ1n) is 6.54. The lowest BCUT2D eigenvalue weighted by Crippen LogP contribution is -2.46. The Labute approximate surface area is 110 Å². The van der Waals surface area contributed by atoms with Crippen molar-refractivity contribution in [2.75, 3.05) is 13.1 Å².